The molecule has 0 radical (unpaired) electrons. The Balaban J connectivity index is 2.04. The Bertz CT molecular complexity index is 415. The molecule has 4 nitrogen and oxygen atoms in total. The molecule has 3 N–H and O–H groups in total. The van der Waals surface area contributed by atoms with E-state index in [-0.39, 0.29) is 22.6 Å². The zero-order chi connectivity index (χ0) is 12.8. The van der Waals surface area contributed by atoms with E-state index in [1.54, 1.807) is 0 Å². The summed E-state index contributed by atoms with van der Waals surface area (Å²) < 4.78 is 36.9. The summed E-state index contributed by atoms with van der Waals surface area (Å²) in [5.41, 5.74) is 5.69. The van der Waals surface area contributed by atoms with Crippen LogP contribution in [0.1, 0.15) is 25.3 Å². The maximum Gasteiger partial charge on any atom is 0.445 e. The lowest BCUT2D eigenvalue weighted by Gasteiger charge is -2.50. The number of nitrogens with two attached hydrogens (primary N) is 1. The summed E-state index contributed by atoms with van der Waals surface area (Å²) in [7, 11) is 0. The monoisotopic (exact) mass is 266 g/mol. The van der Waals surface area contributed by atoms with Gasteiger partial charge in [-0.3, -0.25) is 0 Å². The van der Waals surface area contributed by atoms with Crippen molar-refractivity contribution in [3.8, 4) is 0 Å². The summed E-state index contributed by atoms with van der Waals surface area (Å²) in [6.07, 6.45) is -3.70. The highest BCUT2D eigenvalue weighted by atomic mass is 32.1. The molecule has 17 heavy (non-hydrogen) atoms. The molecule has 2 atom stereocenters. The van der Waals surface area contributed by atoms with E-state index < -0.39 is 11.2 Å². The number of aromatic nitrogens is 2. The van der Waals surface area contributed by atoms with Gasteiger partial charge in [0.1, 0.15) is 0 Å². The molecule has 0 aliphatic heterocycles. The first-order chi connectivity index (χ1) is 7.71. The van der Waals surface area contributed by atoms with Crippen molar-refractivity contribution < 1.29 is 13.2 Å². The minimum atomic E-state index is -4.43. The molecule has 2 unspecified atom stereocenters. The highest BCUT2D eigenvalue weighted by Gasteiger charge is 2.46. The van der Waals surface area contributed by atoms with Crippen LogP contribution in [0, 0.1) is 5.41 Å². The van der Waals surface area contributed by atoms with Gasteiger partial charge in [0.25, 0.3) is 0 Å². The van der Waals surface area contributed by atoms with E-state index in [0.717, 1.165) is 6.42 Å². The summed E-state index contributed by atoms with van der Waals surface area (Å²) in [6.45, 7) is 3.95. The third-order valence-electron chi connectivity index (χ3n) is 3.31. The van der Waals surface area contributed by atoms with Crippen molar-refractivity contribution in [2.75, 3.05) is 5.32 Å². The van der Waals surface area contributed by atoms with Crippen LogP contribution in [0.15, 0.2) is 0 Å². The smallest absolute Gasteiger partial charge is 0.357 e. The highest BCUT2D eigenvalue weighted by molar-refractivity contribution is 7.15. The van der Waals surface area contributed by atoms with E-state index in [0.29, 0.717) is 11.3 Å². The van der Waals surface area contributed by atoms with Gasteiger partial charge >= 0.3 is 6.18 Å². The Hall–Kier alpha value is -0.890. The van der Waals surface area contributed by atoms with Crippen LogP contribution in [0.5, 0.6) is 0 Å². The third-order valence-corrected chi connectivity index (χ3v) is 4.21. The number of hydrogen-bond acceptors (Lipinski definition) is 5. The van der Waals surface area contributed by atoms with E-state index >= 15 is 0 Å². The van der Waals surface area contributed by atoms with E-state index in [4.69, 9.17) is 5.73 Å². The molecule has 0 amide bonds. The van der Waals surface area contributed by atoms with E-state index in [9.17, 15) is 13.2 Å². The molecular formula is C9H13F3N4S. The molecule has 1 aromatic heterocycles. The highest BCUT2D eigenvalue weighted by Crippen LogP contribution is 2.42. The third kappa shape index (κ3) is 2.23. The minimum absolute atomic E-state index is 0.0477. The molecule has 1 aliphatic rings. The summed E-state index contributed by atoms with van der Waals surface area (Å²) in [6, 6.07) is 0.113. The fraction of sp³-hybridized carbons (Fsp3) is 0.778. The lowest BCUT2D eigenvalue weighted by molar-refractivity contribution is -0.138. The maximum absolute atomic E-state index is 12.3. The van der Waals surface area contributed by atoms with Crippen molar-refractivity contribution in [1.29, 1.82) is 0 Å². The second-order valence-electron chi connectivity index (χ2n) is 4.77. The fourth-order valence-corrected chi connectivity index (χ4v) is 2.41. The first-order valence-corrected chi connectivity index (χ1v) is 5.95. The van der Waals surface area contributed by atoms with Crippen LogP contribution in [0.4, 0.5) is 18.3 Å². The van der Waals surface area contributed by atoms with Gasteiger partial charge in [-0.15, -0.1) is 10.2 Å². The molecule has 1 fully saturated rings. The summed E-state index contributed by atoms with van der Waals surface area (Å²) in [5, 5.41) is 8.83. The molecule has 1 heterocycles. The quantitative estimate of drug-likeness (QED) is 0.860. The van der Waals surface area contributed by atoms with Crippen molar-refractivity contribution in [3.05, 3.63) is 5.01 Å². The average Bonchev–Trinajstić information content (AvgIpc) is 2.65. The molecule has 0 aromatic carbocycles. The molecule has 96 valence electrons. The van der Waals surface area contributed by atoms with Crippen LogP contribution in [0.25, 0.3) is 0 Å². The predicted molar refractivity (Wildman–Crippen MR) is 58.7 cm³/mol. The lowest BCUT2D eigenvalue weighted by atomic mass is 9.63. The Morgan fingerprint density at radius 1 is 1.41 bits per heavy atom. The van der Waals surface area contributed by atoms with Gasteiger partial charge in [-0.05, 0) is 6.42 Å². The Kier molecular flexibility index (Phi) is 2.81. The number of alkyl halides is 3. The van der Waals surface area contributed by atoms with Gasteiger partial charge in [0, 0.05) is 17.5 Å². The Morgan fingerprint density at radius 2 is 2.06 bits per heavy atom. The van der Waals surface area contributed by atoms with Crippen LogP contribution >= 0.6 is 11.3 Å². The van der Waals surface area contributed by atoms with Gasteiger partial charge in [-0.1, -0.05) is 25.2 Å². The Labute approximate surface area is 100 Å². The van der Waals surface area contributed by atoms with Crippen molar-refractivity contribution in [3.63, 3.8) is 0 Å². The van der Waals surface area contributed by atoms with Crippen LogP contribution in [-0.4, -0.2) is 22.3 Å². The molecule has 0 saturated heterocycles. The van der Waals surface area contributed by atoms with Gasteiger partial charge < -0.3 is 11.1 Å². The van der Waals surface area contributed by atoms with Gasteiger partial charge in [-0.2, -0.15) is 13.2 Å². The topological polar surface area (TPSA) is 63.8 Å². The van der Waals surface area contributed by atoms with Crippen LogP contribution in [0.2, 0.25) is 0 Å². The number of hydrogen-bond donors (Lipinski definition) is 2. The molecule has 0 bridgehead atoms. The van der Waals surface area contributed by atoms with Crippen LogP contribution in [0.3, 0.4) is 0 Å². The van der Waals surface area contributed by atoms with E-state index in [2.05, 4.69) is 15.5 Å². The molecule has 8 heteroatoms. The minimum Gasteiger partial charge on any atom is -0.357 e. The van der Waals surface area contributed by atoms with Crippen LogP contribution in [-0.2, 0) is 6.18 Å². The zero-order valence-electron chi connectivity index (χ0n) is 9.38. The van der Waals surface area contributed by atoms with Crippen molar-refractivity contribution >= 4 is 16.5 Å². The fourth-order valence-electron chi connectivity index (χ4n) is 1.75. The normalized spacial score (nSPS) is 27.6. The zero-order valence-corrected chi connectivity index (χ0v) is 10.2. The van der Waals surface area contributed by atoms with Crippen molar-refractivity contribution in [1.82, 2.24) is 10.2 Å². The second kappa shape index (κ2) is 3.81. The standard InChI is InChI=1S/C9H13F3N4S/c1-8(2)4(13)3-5(8)14-7-16-15-6(17-7)9(10,11)12/h4-5H,3,13H2,1-2H3,(H,14,16). The molecule has 1 aliphatic carbocycles. The van der Waals surface area contributed by atoms with Gasteiger partial charge in [0.05, 0.1) is 0 Å². The second-order valence-corrected chi connectivity index (χ2v) is 5.75. The molecular weight excluding hydrogens is 253 g/mol. The lowest BCUT2D eigenvalue weighted by Crippen LogP contribution is -2.61. The van der Waals surface area contributed by atoms with E-state index in [1.807, 2.05) is 13.8 Å². The SMILES string of the molecule is CC1(C)C(N)CC1Nc1nnc(C(F)(F)F)s1. The number of halogens is 3. The maximum atomic E-state index is 12.3. The van der Waals surface area contributed by atoms with Gasteiger partial charge in [0.2, 0.25) is 10.1 Å². The van der Waals surface area contributed by atoms with Crippen molar-refractivity contribution in [2.24, 2.45) is 11.1 Å². The van der Waals surface area contributed by atoms with Crippen molar-refractivity contribution in [2.45, 2.75) is 38.5 Å². The van der Waals surface area contributed by atoms with E-state index in [1.165, 1.54) is 0 Å². The average molecular weight is 266 g/mol. The molecule has 0 spiro atoms. The van der Waals surface area contributed by atoms with Crippen LogP contribution < -0.4 is 11.1 Å². The summed E-state index contributed by atoms with van der Waals surface area (Å²) >= 11 is 0.520. The largest absolute Gasteiger partial charge is 0.445 e. The number of anilines is 1. The molecule has 2 rings (SSSR count). The van der Waals surface area contributed by atoms with Gasteiger partial charge in [0.15, 0.2) is 0 Å². The number of rotatable bonds is 2. The summed E-state index contributed by atoms with van der Waals surface area (Å²) in [4.78, 5) is 0. The predicted octanol–water partition coefficient (Wildman–Crippen LogP) is 2.09. The first kappa shape index (κ1) is 12.6. The summed E-state index contributed by atoms with van der Waals surface area (Å²) in [5.74, 6) is 0. The van der Waals surface area contributed by atoms with Gasteiger partial charge in [-0.25, -0.2) is 0 Å². The first-order valence-electron chi connectivity index (χ1n) is 5.14. The molecule has 1 saturated carbocycles. The Morgan fingerprint density at radius 3 is 2.47 bits per heavy atom. The number of nitrogens with zero attached hydrogens (tertiary/aromatic N) is 2. The molecule has 1 aromatic rings. The number of nitrogens with one attached hydrogen (secondary N) is 1.